The maximum atomic E-state index is 13.3. The smallest absolute Gasteiger partial charge is 0.266 e. The highest BCUT2D eigenvalue weighted by molar-refractivity contribution is 9.10. The minimum absolute atomic E-state index is 0.151. The average molecular weight is 526 g/mol. The van der Waals surface area contributed by atoms with Gasteiger partial charge in [0.1, 0.15) is 0 Å². The van der Waals surface area contributed by atoms with Gasteiger partial charge in [0.05, 0.1) is 23.0 Å². The summed E-state index contributed by atoms with van der Waals surface area (Å²) in [6.07, 6.45) is -0.233. The van der Waals surface area contributed by atoms with Crippen molar-refractivity contribution in [2.45, 2.75) is 12.0 Å². The summed E-state index contributed by atoms with van der Waals surface area (Å²) in [7, 11) is 0. The molecule has 1 atom stereocenters. The number of halogens is 2. The topological polar surface area (TPSA) is 72.2 Å². The first-order valence-electron chi connectivity index (χ1n) is 9.23. The Bertz CT molecular complexity index is 1400. The van der Waals surface area contributed by atoms with E-state index in [1.807, 2.05) is 0 Å². The molecule has 1 aliphatic heterocycles. The molecule has 1 aromatic heterocycles. The molecule has 0 bridgehead atoms. The van der Waals surface area contributed by atoms with Gasteiger partial charge < -0.3 is 5.11 Å². The van der Waals surface area contributed by atoms with Crippen molar-refractivity contribution in [2.75, 3.05) is 0 Å². The van der Waals surface area contributed by atoms with Crippen LogP contribution in [0.25, 0.3) is 16.6 Å². The van der Waals surface area contributed by atoms with Gasteiger partial charge >= 0.3 is 0 Å². The van der Waals surface area contributed by atoms with E-state index in [4.69, 9.17) is 0 Å². The van der Waals surface area contributed by atoms with E-state index in [0.29, 0.717) is 32.2 Å². The third kappa shape index (κ3) is 2.80. The van der Waals surface area contributed by atoms with Crippen molar-refractivity contribution in [3.8, 4) is 5.69 Å². The van der Waals surface area contributed by atoms with Gasteiger partial charge in [-0.15, -0.1) is 0 Å². The first-order valence-corrected chi connectivity index (χ1v) is 10.8. The molecule has 0 aliphatic carbocycles. The van der Waals surface area contributed by atoms with E-state index < -0.39 is 5.60 Å². The summed E-state index contributed by atoms with van der Waals surface area (Å²) in [5.41, 5.74) is -0.0660. The number of aliphatic hydroxyl groups is 1. The van der Waals surface area contributed by atoms with E-state index in [9.17, 15) is 14.7 Å². The molecular formula is C23H14Br2N2O3. The van der Waals surface area contributed by atoms with Gasteiger partial charge in [-0.05, 0) is 46.3 Å². The molecule has 0 radical (unpaired) electrons. The van der Waals surface area contributed by atoms with E-state index in [2.05, 4.69) is 36.8 Å². The lowest BCUT2D eigenvalue weighted by molar-refractivity contribution is 0.0562. The van der Waals surface area contributed by atoms with E-state index >= 15 is 0 Å². The van der Waals surface area contributed by atoms with Crippen LogP contribution in [0.5, 0.6) is 0 Å². The molecule has 0 saturated heterocycles. The fourth-order valence-electron chi connectivity index (χ4n) is 3.96. The Balaban J connectivity index is 1.76. The number of carbonyl (C=O) groups excluding carboxylic acids is 1. The second kappa shape index (κ2) is 6.97. The number of carbonyl (C=O) groups is 1. The Morgan fingerprint density at radius 2 is 1.73 bits per heavy atom. The largest absolute Gasteiger partial charge is 0.377 e. The van der Waals surface area contributed by atoms with E-state index in [-0.39, 0.29) is 23.6 Å². The van der Waals surface area contributed by atoms with Crippen LogP contribution in [0.4, 0.5) is 0 Å². The van der Waals surface area contributed by atoms with Gasteiger partial charge in [0.2, 0.25) is 0 Å². The first-order chi connectivity index (χ1) is 14.4. The molecule has 0 spiro atoms. The number of hydrogen-bond donors (Lipinski definition) is 1. The Morgan fingerprint density at radius 1 is 1.00 bits per heavy atom. The molecule has 3 aromatic carbocycles. The Hall–Kier alpha value is -2.61. The number of aromatic nitrogens is 2. The molecule has 0 saturated carbocycles. The molecule has 0 fully saturated rings. The quantitative estimate of drug-likeness (QED) is 0.392. The molecule has 7 heteroatoms. The lowest BCUT2D eigenvalue weighted by atomic mass is 9.87. The molecule has 148 valence electrons. The molecule has 4 aromatic rings. The first kappa shape index (κ1) is 19.4. The molecule has 0 amide bonds. The minimum Gasteiger partial charge on any atom is -0.377 e. The van der Waals surface area contributed by atoms with Crippen molar-refractivity contribution in [2.24, 2.45) is 0 Å². The molecule has 5 rings (SSSR count). The summed E-state index contributed by atoms with van der Waals surface area (Å²) < 4.78 is 2.92. The Labute approximate surface area is 188 Å². The normalized spacial score (nSPS) is 17.0. The van der Waals surface area contributed by atoms with Crippen molar-refractivity contribution < 1.29 is 9.90 Å². The summed E-state index contributed by atoms with van der Waals surface area (Å²) in [4.78, 5) is 31.0. The zero-order valence-electron chi connectivity index (χ0n) is 15.5. The highest BCUT2D eigenvalue weighted by atomic mass is 79.9. The van der Waals surface area contributed by atoms with Gasteiger partial charge in [0.15, 0.2) is 17.2 Å². The fraction of sp³-hybridized carbons (Fsp3) is 0.0870. The number of ketones is 1. The van der Waals surface area contributed by atoms with Crippen LogP contribution >= 0.6 is 31.9 Å². The van der Waals surface area contributed by atoms with Crippen molar-refractivity contribution in [1.29, 1.82) is 0 Å². The summed E-state index contributed by atoms with van der Waals surface area (Å²) >= 11 is 6.86. The average Bonchev–Trinajstić information content (AvgIpc) is 2.98. The zero-order valence-corrected chi connectivity index (χ0v) is 18.6. The molecule has 5 nitrogen and oxygen atoms in total. The van der Waals surface area contributed by atoms with Crippen LogP contribution in [0, 0.1) is 0 Å². The molecule has 2 heterocycles. The monoisotopic (exact) mass is 524 g/mol. The van der Waals surface area contributed by atoms with Gasteiger partial charge in [-0.25, -0.2) is 4.98 Å². The van der Waals surface area contributed by atoms with Gasteiger partial charge in [-0.3, -0.25) is 14.2 Å². The summed E-state index contributed by atoms with van der Waals surface area (Å²) in [6, 6.07) is 19.3. The predicted octanol–water partition coefficient (Wildman–Crippen LogP) is 4.73. The molecule has 30 heavy (non-hydrogen) atoms. The van der Waals surface area contributed by atoms with Gasteiger partial charge in [-0.2, -0.15) is 0 Å². The third-order valence-corrected chi connectivity index (χ3v) is 6.55. The minimum atomic E-state index is -1.73. The van der Waals surface area contributed by atoms with Crippen LogP contribution in [-0.2, 0) is 5.60 Å². The molecule has 1 N–H and O–H groups in total. The van der Waals surface area contributed by atoms with Crippen LogP contribution in [0.2, 0.25) is 0 Å². The van der Waals surface area contributed by atoms with Crippen molar-refractivity contribution in [3.05, 3.63) is 103 Å². The maximum Gasteiger partial charge on any atom is 0.266 e. The predicted molar refractivity (Wildman–Crippen MR) is 121 cm³/mol. The van der Waals surface area contributed by atoms with E-state index in [0.717, 1.165) is 4.47 Å². The molecular weight excluding hydrogens is 512 g/mol. The second-order valence-corrected chi connectivity index (χ2v) is 8.97. The van der Waals surface area contributed by atoms with Crippen LogP contribution in [0.3, 0.4) is 0 Å². The number of para-hydroxylation sites is 2. The van der Waals surface area contributed by atoms with Crippen LogP contribution in [0.15, 0.2) is 80.5 Å². The van der Waals surface area contributed by atoms with Gasteiger partial charge in [0, 0.05) is 20.1 Å². The molecule has 1 aliphatic rings. The lowest BCUT2D eigenvalue weighted by Crippen LogP contribution is -2.32. The van der Waals surface area contributed by atoms with Crippen molar-refractivity contribution in [1.82, 2.24) is 9.55 Å². The third-order valence-electron chi connectivity index (χ3n) is 5.38. The van der Waals surface area contributed by atoms with Crippen molar-refractivity contribution in [3.63, 3.8) is 0 Å². The van der Waals surface area contributed by atoms with E-state index in [1.54, 1.807) is 66.7 Å². The SMILES string of the molecule is O=C(CC1(O)c2cccc(Br)c2-n2c1nc1ccccc1c2=O)c1ccc(Br)cc1. The second-order valence-electron chi connectivity index (χ2n) is 7.20. The number of hydrogen-bond acceptors (Lipinski definition) is 4. The molecule has 1 unspecified atom stereocenters. The number of nitrogens with zero attached hydrogens (tertiary/aromatic N) is 2. The maximum absolute atomic E-state index is 13.3. The highest BCUT2D eigenvalue weighted by Crippen LogP contribution is 2.45. The summed E-state index contributed by atoms with van der Waals surface area (Å²) in [5.74, 6) is -0.0923. The number of benzene rings is 3. The Morgan fingerprint density at radius 3 is 2.50 bits per heavy atom. The highest BCUT2D eigenvalue weighted by Gasteiger charge is 2.47. The van der Waals surface area contributed by atoms with Crippen LogP contribution in [0.1, 0.15) is 28.2 Å². The number of Topliss-reactive ketones (excluding diaryl/α,β-unsaturated/α-hetero) is 1. The summed E-state index contributed by atoms with van der Waals surface area (Å²) in [5, 5.41) is 12.3. The lowest BCUT2D eigenvalue weighted by Gasteiger charge is -2.23. The number of rotatable bonds is 3. The standard InChI is InChI=1S/C23H14Br2N2O3/c24-14-10-8-13(9-11-14)19(28)12-23(30)16-5-3-6-17(25)20(16)27-21(29)15-4-1-2-7-18(15)26-22(23)27/h1-11,30H,12H2. The van der Waals surface area contributed by atoms with Crippen LogP contribution in [-0.4, -0.2) is 20.4 Å². The fourth-order valence-corrected chi connectivity index (χ4v) is 4.77. The Kier molecular flexibility index (Phi) is 4.50. The van der Waals surface area contributed by atoms with Gasteiger partial charge in [-0.1, -0.05) is 52.3 Å². The van der Waals surface area contributed by atoms with Gasteiger partial charge in [0.25, 0.3) is 5.56 Å². The van der Waals surface area contributed by atoms with E-state index in [1.165, 1.54) is 4.57 Å². The zero-order chi connectivity index (χ0) is 21.0. The number of fused-ring (bicyclic) bond motifs is 4. The van der Waals surface area contributed by atoms with Crippen molar-refractivity contribution >= 4 is 48.5 Å². The van der Waals surface area contributed by atoms with Crippen LogP contribution < -0.4 is 5.56 Å². The summed E-state index contributed by atoms with van der Waals surface area (Å²) in [6.45, 7) is 0.